The molecule has 0 spiro atoms. The molecule has 2 heterocycles. The van der Waals surface area contributed by atoms with Gasteiger partial charge in [-0.2, -0.15) is 4.72 Å². The van der Waals surface area contributed by atoms with Gasteiger partial charge >= 0.3 is 5.97 Å². The van der Waals surface area contributed by atoms with Crippen LogP contribution in [-0.2, 0) is 19.6 Å². The van der Waals surface area contributed by atoms with Crippen LogP contribution in [0.2, 0.25) is 4.34 Å². The van der Waals surface area contributed by atoms with Gasteiger partial charge in [0.2, 0.25) is 15.8 Å². The van der Waals surface area contributed by atoms with Gasteiger partial charge in [-0.25, -0.2) is 8.42 Å². The summed E-state index contributed by atoms with van der Waals surface area (Å²) in [7, 11) is -4.06. The van der Waals surface area contributed by atoms with Crippen LogP contribution in [0.25, 0.3) is 0 Å². The summed E-state index contributed by atoms with van der Waals surface area (Å²) in [5.74, 6) is -0.921. The number of rotatable bonds is 8. The van der Waals surface area contributed by atoms with Gasteiger partial charge in [-0.15, -0.1) is 11.3 Å². The summed E-state index contributed by atoms with van der Waals surface area (Å²) in [5.41, 5.74) is 0. The van der Waals surface area contributed by atoms with Crippen molar-refractivity contribution >= 4 is 44.7 Å². The van der Waals surface area contributed by atoms with E-state index in [-0.39, 0.29) is 4.90 Å². The standard InChI is InChI=1S/C19H20ClNO7S2/c1-11(2)18(19(23)28-10-13(22)16-5-6-17(20)29-16)21-30(24,25)12-3-4-14-15(9-12)27-8-7-26-14/h3-6,9,11,18,21H,7-8,10H2,1-2H3. The molecule has 0 radical (unpaired) electrons. The van der Waals surface area contributed by atoms with Crippen LogP contribution < -0.4 is 14.2 Å². The lowest BCUT2D eigenvalue weighted by atomic mass is 10.1. The minimum absolute atomic E-state index is 0.0745. The van der Waals surface area contributed by atoms with Gasteiger partial charge in [0.25, 0.3) is 0 Å². The highest BCUT2D eigenvalue weighted by molar-refractivity contribution is 7.89. The maximum atomic E-state index is 12.8. The molecule has 30 heavy (non-hydrogen) atoms. The molecule has 1 unspecified atom stereocenters. The number of carbonyl (C=O) groups is 2. The Bertz CT molecular complexity index is 1050. The second kappa shape index (κ2) is 9.34. The van der Waals surface area contributed by atoms with E-state index in [1.54, 1.807) is 19.9 Å². The van der Waals surface area contributed by atoms with Crippen LogP contribution in [0.15, 0.2) is 35.2 Å². The van der Waals surface area contributed by atoms with Gasteiger partial charge in [-0.05, 0) is 30.2 Å². The molecule has 1 atom stereocenters. The first-order valence-electron chi connectivity index (χ1n) is 9.04. The third-order valence-corrected chi connectivity index (χ3v) is 6.93. The van der Waals surface area contributed by atoms with Crippen molar-refractivity contribution in [2.24, 2.45) is 5.92 Å². The Balaban J connectivity index is 1.69. The van der Waals surface area contributed by atoms with Crippen molar-refractivity contribution in [3.63, 3.8) is 0 Å². The van der Waals surface area contributed by atoms with E-state index in [1.165, 1.54) is 24.3 Å². The van der Waals surface area contributed by atoms with E-state index in [4.69, 9.17) is 25.8 Å². The topological polar surface area (TPSA) is 108 Å². The quantitative estimate of drug-likeness (QED) is 0.463. The number of fused-ring (bicyclic) bond motifs is 1. The Kier molecular flexibility index (Phi) is 7.02. The van der Waals surface area contributed by atoms with Crippen LogP contribution in [0, 0.1) is 5.92 Å². The molecule has 1 aliphatic heterocycles. The molecule has 1 aromatic carbocycles. The number of esters is 1. The van der Waals surface area contributed by atoms with E-state index in [1.807, 2.05) is 0 Å². The van der Waals surface area contributed by atoms with Crippen molar-refractivity contribution in [3.05, 3.63) is 39.5 Å². The van der Waals surface area contributed by atoms with Crippen LogP contribution in [0.1, 0.15) is 23.5 Å². The van der Waals surface area contributed by atoms with E-state index < -0.39 is 40.3 Å². The highest BCUT2D eigenvalue weighted by Crippen LogP contribution is 2.32. The Hall–Kier alpha value is -2.14. The number of halogens is 1. The lowest BCUT2D eigenvalue weighted by molar-refractivity contribution is -0.145. The summed E-state index contributed by atoms with van der Waals surface area (Å²) in [6.07, 6.45) is 0. The third-order valence-electron chi connectivity index (χ3n) is 4.22. The second-order valence-corrected chi connectivity index (χ2v) is 10.2. The van der Waals surface area contributed by atoms with Crippen LogP contribution in [0.5, 0.6) is 11.5 Å². The minimum Gasteiger partial charge on any atom is -0.486 e. The van der Waals surface area contributed by atoms with Crippen LogP contribution >= 0.6 is 22.9 Å². The average Bonchev–Trinajstić information content (AvgIpc) is 3.16. The molecule has 1 N–H and O–H groups in total. The first-order chi connectivity index (χ1) is 14.2. The summed E-state index contributed by atoms with van der Waals surface area (Å²) >= 11 is 6.87. The van der Waals surface area contributed by atoms with Crippen molar-refractivity contribution in [3.8, 4) is 11.5 Å². The fourth-order valence-electron chi connectivity index (χ4n) is 2.64. The number of hydrogen-bond donors (Lipinski definition) is 1. The number of sulfonamides is 1. The summed E-state index contributed by atoms with van der Waals surface area (Å²) in [6.45, 7) is 3.52. The van der Waals surface area contributed by atoms with E-state index in [0.29, 0.717) is 33.9 Å². The van der Waals surface area contributed by atoms with Crippen molar-refractivity contribution in [1.82, 2.24) is 4.72 Å². The Labute approximate surface area is 183 Å². The zero-order valence-electron chi connectivity index (χ0n) is 16.2. The smallest absolute Gasteiger partial charge is 0.324 e. The number of hydrogen-bond acceptors (Lipinski definition) is 8. The van der Waals surface area contributed by atoms with E-state index in [2.05, 4.69) is 4.72 Å². The van der Waals surface area contributed by atoms with E-state index in [9.17, 15) is 18.0 Å². The molecule has 0 fully saturated rings. The van der Waals surface area contributed by atoms with Crippen molar-refractivity contribution in [1.29, 1.82) is 0 Å². The van der Waals surface area contributed by atoms with Gasteiger partial charge in [0.05, 0.1) is 14.1 Å². The van der Waals surface area contributed by atoms with Gasteiger partial charge in [0, 0.05) is 6.07 Å². The van der Waals surface area contributed by atoms with E-state index >= 15 is 0 Å². The van der Waals surface area contributed by atoms with Gasteiger partial charge < -0.3 is 14.2 Å². The molecule has 11 heteroatoms. The monoisotopic (exact) mass is 473 g/mol. The number of Topliss-reactive ketones (excluding diaryl/α,β-unsaturated/α-hetero) is 1. The molecular formula is C19H20ClNO7S2. The first kappa shape index (κ1) is 22.5. The minimum atomic E-state index is -4.06. The average molecular weight is 474 g/mol. The molecule has 8 nitrogen and oxygen atoms in total. The molecule has 0 amide bonds. The number of carbonyl (C=O) groups excluding carboxylic acids is 2. The highest BCUT2D eigenvalue weighted by atomic mass is 35.5. The van der Waals surface area contributed by atoms with Gasteiger partial charge in [-0.1, -0.05) is 25.4 Å². The predicted octanol–water partition coefficient (Wildman–Crippen LogP) is 2.90. The maximum Gasteiger partial charge on any atom is 0.324 e. The van der Waals surface area contributed by atoms with Crippen molar-refractivity contribution in [2.45, 2.75) is 24.8 Å². The normalized spacial score (nSPS) is 14.4. The molecule has 1 aromatic heterocycles. The lowest BCUT2D eigenvalue weighted by Crippen LogP contribution is -2.45. The highest BCUT2D eigenvalue weighted by Gasteiger charge is 2.31. The van der Waals surface area contributed by atoms with Crippen LogP contribution in [0.4, 0.5) is 0 Å². The molecular weight excluding hydrogens is 454 g/mol. The summed E-state index contributed by atoms with van der Waals surface area (Å²) in [6, 6.07) is 6.12. The fourth-order valence-corrected chi connectivity index (χ4v) is 4.96. The van der Waals surface area contributed by atoms with Crippen molar-refractivity contribution in [2.75, 3.05) is 19.8 Å². The number of thiophene rings is 1. The van der Waals surface area contributed by atoms with Crippen molar-refractivity contribution < 1.29 is 32.2 Å². The number of nitrogens with one attached hydrogen (secondary N) is 1. The summed E-state index contributed by atoms with van der Waals surface area (Å²) in [4.78, 5) is 24.9. The molecule has 1 aliphatic rings. The molecule has 0 bridgehead atoms. The van der Waals surface area contributed by atoms with Gasteiger partial charge in [0.15, 0.2) is 18.1 Å². The van der Waals surface area contributed by atoms with Gasteiger partial charge in [-0.3, -0.25) is 9.59 Å². The second-order valence-electron chi connectivity index (χ2n) is 6.78. The molecule has 2 aromatic rings. The largest absolute Gasteiger partial charge is 0.486 e. The number of benzene rings is 1. The predicted molar refractivity (Wildman–Crippen MR) is 111 cm³/mol. The number of ketones is 1. The summed E-state index contributed by atoms with van der Waals surface area (Å²) < 4.78 is 44.3. The first-order valence-corrected chi connectivity index (χ1v) is 11.7. The molecule has 0 saturated heterocycles. The molecule has 3 rings (SSSR count). The molecule has 162 valence electrons. The number of ether oxygens (including phenoxy) is 3. The Morgan fingerprint density at radius 3 is 2.50 bits per heavy atom. The third kappa shape index (κ3) is 5.31. The molecule has 0 saturated carbocycles. The Morgan fingerprint density at radius 2 is 1.87 bits per heavy atom. The van der Waals surface area contributed by atoms with E-state index in [0.717, 1.165) is 11.3 Å². The maximum absolute atomic E-state index is 12.8. The van der Waals surface area contributed by atoms with Crippen LogP contribution in [0.3, 0.4) is 0 Å². The Morgan fingerprint density at radius 1 is 1.17 bits per heavy atom. The molecule has 0 aliphatic carbocycles. The van der Waals surface area contributed by atoms with Crippen LogP contribution in [-0.4, -0.2) is 46.0 Å². The SMILES string of the molecule is CC(C)C(NS(=O)(=O)c1ccc2c(c1)OCCO2)C(=O)OCC(=O)c1ccc(Cl)s1. The fraction of sp³-hybridized carbons (Fsp3) is 0.368. The van der Waals surface area contributed by atoms with Gasteiger partial charge in [0.1, 0.15) is 19.3 Å². The zero-order valence-corrected chi connectivity index (χ0v) is 18.6. The zero-order chi connectivity index (χ0) is 21.9. The summed E-state index contributed by atoms with van der Waals surface area (Å²) in [5, 5.41) is 0. The lowest BCUT2D eigenvalue weighted by Gasteiger charge is -2.22.